The first-order valence-electron chi connectivity index (χ1n) is 8.06. The van der Waals surface area contributed by atoms with Crippen LogP contribution >= 0.6 is 24.0 Å². The molecule has 0 fully saturated rings. The molecular formula is C16H25F3IN3O3S. The molecule has 0 aromatic heterocycles. The second-order valence-electron chi connectivity index (χ2n) is 5.81. The lowest BCUT2D eigenvalue weighted by Gasteiger charge is -2.18. The molecule has 27 heavy (non-hydrogen) atoms. The maximum atomic E-state index is 12.5. The summed E-state index contributed by atoms with van der Waals surface area (Å²) in [5.41, 5.74) is 0.283. The Balaban J connectivity index is 0.00000676. The van der Waals surface area contributed by atoms with E-state index in [1.54, 1.807) is 13.0 Å². The van der Waals surface area contributed by atoms with Crippen LogP contribution in [0.2, 0.25) is 0 Å². The molecule has 11 heteroatoms. The van der Waals surface area contributed by atoms with Gasteiger partial charge in [0.25, 0.3) is 0 Å². The predicted octanol–water partition coefficient (Wildman–Crippen LogP) is 3.08. The minimum Gasteiger partial charge on any atom is -0.405 e. The lowest BCUT2D eigenvalue weighted by atomic mass is 10.2. The van der Waals surface area contributed by atoms with Crippen molar-refractivity contribution in [3.63, 3.8) is 0 Å². The van der Waals surface area contributed by atoms with Crippen molar-refractivity contribution in [2.75, 3.05) is 18.6 Å². The molecule has 1 aromatic rings. The number of benzene rings is 1. The van der Waals surface area contributed by atoms with E-state index in [4.69, 9.17) is 0 Å². The molecule has 0 bridgehead atoms. The Morgan fingerprint density at radius 2 is 1.93 bits per heavy atom. The molecule has 6 nitrogen and oxygen atoms in total. The number of halogens is 4. The van der Waals surface area contributed by atoms with Crippen molar-refractivity contribution in [2.24, 2.45) is 4.99 Å². The number of sulfone groups is 1. The minimum absolute atomic E-state index is 0. The van der Waals surface area contributed by atoms with E-state index in [-0.39, 0.29) is 53.6 Å². The van der Waals surface area contributed by atoms with E-state index >= 15 is 0 Å². The molecule has 0 saturated heterocycles. The van der Waals surface area contributed by atoms with Gasteiger partial charge in [-0.2, -0.15) is 0 Å². The summed E-state index contributed by atoms with van der Waals surface area (Å²) in [6.45, 7) is 4.17. The van der Waals surface area contributed by atoms with Crippen LogP contribution < -0.4 is 15.4 Å². The van der Waals surface area contributed by atoms with Crippen molar-refractivity contribution < 1.29 is 26.3 Å². The molecule has 0 aliphatic rings. The molecule has 0 spiro atoms. The smallest absolute Gasteiger partial charge is 0.405 e. The number of rotatable bonds is 8. The lowest BCUT2D eigenvalue weighted by Crippen LogP contribution is -2.42. The number of hydrogen-bond acceptors (Lipinski definition) is 4. The third kappa shape index (κ3) is 12.0. The Bertz CT molecular complexity index is 712. The summed E-state index contributed by atoms with van der Waals surface area (Å²) in [5.74, 6) is 0.114. The van der Waals surface area contributed by atoms with E-state index in [1.165, 1.54) is 18.2 Å². The van der Waals surface area contributed by atoms with Gasteiger partial charge in [0.1, 0.15) is 15.6 Å². The van der Waals surface area contributed by atoms with Gasteiger partial charge < -0.3 is 15.4 Å². The molecule has 1 unspecified atom stereocenters. The van der Waals surface area contributed by atoms with Crippen molar-refractivity contribution in [1.82, 2.24) is 10.6 Å². The summed E-state index contributed by atoms with van der Waals surface area (Å²) >= 11 is 0. The maximum absolute atomic E-state index is 12.5. The van der Waals surface area contributed by atoms with Crippen molar-refractivity contribution >= 4 is 39.8 Å². The summed E-state index contributed by atoms with van der Waals surface area (Å²) in [6.07, 6.45) is -3.23. The van der Waals surface area contributed by atoms with E-state index < -0.39 is 16.2 Å². The second-order valence-corrected chi connectivity index (χ2v) is 8.07. The van der Waals surface area contributed by atoms with Crippen molar-refractivity contribution in [1.29, 1.82) is 0 Å². The fraction of sp³-hybridized carbons (Fsp3) is 0.562. The van der Waals surface area contributed by atoms with Gasteiger partial charge in [0.05, 0.1) is 12.3 Å². The average molecular weight is 523 g/mol. The summed E-state index contributed by atoms with van der Waals surface area (Å²) < 4.78 is 63.9. The molecule has 0 radical (unpaired) electrons. The SMILES string of the molecule is CCNC(=NCc1ccccc1OC(F)(F)F)NC(C)CCS(C)(=O)=O.I. The molecule has 1 aromatic carbocycles. The van der Waals surface area contributed by atoms with Gasteiger partial charge in [0.15, 0.2) is 5.96 Å². The highest BCUT2D eigenvalue weighted by Gasteiger charge is 2.31. The normalized spacial score (nSPS) is 13.5. The first kappa shape index (κ1) is 25.8. The molecule has 0 amide bonds. The van der Waals surface area contributed by atoms with Crippen LogP contribution in [0.4, 0.5) is 13.2 Å². The van der Waals surface area contributed by atoms with E-state index in [0.29, 0.717) is 18.9 Å². The van der Waals surface area contributed by atoms with Crippen LogP contribution in [0.5, 0.6) is 5.75 Å². The molecule has 1 atom stereocenters. The number of ether oxygens (including phenoxy) is 1. The number of aliphatic imine (C=N–C) groups is 1. The van der Waals surface area contributed by atoms with Crippen molar-refractivity contribution in [3.05, 3.63) is 29.8 Å². The molecule has 0 saturated carbocycles. The Morgan fingerprint density at radius 3 is 2.48 bits per heavy atom. The molecular weight excluding hydrogens is 498 g/mol. The van der Waals surface area contributed by atoms with Gasteiger partial charge in [-0.1, -0.05) is 18.2 Å². The quantitative estimate of drug-likeness (QED) is 0.311. The lowest BCUT2D eigenvalue weighted by molar-refractivity contribution is -0.274. The number of guanidine groups is 1. The third-order valence-corrected chi connectivity index (χ3v) is 4.23. The monoisotopic (exact) mass is 523 g/mol. The molecule has 2 N–H and O–H groups in total. The van der Waals surface area contributed by atoms with Gasteiger partial charge in [-0.05, 0) is 26.3 Å². The first-order valence-corrected chi connectivity index (χ1v) is 10.1. The highest BCUT2D eigenvalue weighted by atomic mass is 127. The van der Waals surface area contributed by atoms with E-state index in [2.05, 4.69) is 20.4 Å². The maximum Gasteiger partial charge on any atom is 0.573 e. The second kappa shape index (κ2) is 11.6. The Kier molecular flexibility index (Phi) is 11.0. The fourth-order valence-electron chi connectivity index (χ4n) is 2.04. The van der Waals surface area contributed by atoms with E-state index in [9.17, 15) is 21.6 Å². The van der Waals surface area contributed by atoms with Gasteiger partial charge >= 0.3 is 6.36 Å². The van der Waals surface area contributed by atoms with Crippen LogP contribution in [0.15, 0.2) is 29.3 Å². The van der Waals surface area contributed by atoms with Crippen LogP contribution in [0, 0.1) is 0 Å². The van der Waals surface area contributed by atoms with Crippen molar-refractivity contribution in [2.45, 2.75) is 39.2 Å². The minimum atomic E-state index is -4.78. The van der Waals surface area contributed by atoms with Gasteiger partial charge in [-0.25, -0.2) is 13.4 Å². The standard InChI is InChI=1S/C16H24F3N3O3S.HI/c1-4-20-15(22-12(2)9-10-26(3,23)24)21-11-13-7-5-6-8-14(13)25-16(17,18)19;/h5-8,12H,4,9-11H2,1-3H3,(H2,20,21,22);1H. The van der Waals surface area contributed by atoms with Crippen LogP contribution in [0.1, 0.15) is 25.8 Å². The zero-order valence-corrected chi connectivity index (χ0v) is 18.5. The van der Waals surface area contributed by atoms with E-state index in [1.807, 2.05) is 6.92 Å². The zero-order valence-electron chi connectivity index (χ0n) is 15.3. The fourth-order valence-corrected chi connectivity index (χ4v) is 2.82. The Morgan fingerprint density at radius 1 is 1.30 bits per heavy atom. The van der Waals surface area contributed by atoms with Gasteiger partial charge in [0.2, 0.25) is 0 Å². The summed E-state index contributed by atoms with van der Waals surface area (Å²) in [4.78, 5) is 4.26. The van der Waals surface area contributed by atoms with Gasteiger partial charge in [-0.3, -0.25) is 0 Å². The number of nitrogens with one attached hydrogen (secondary N) is 2. The van der Waals surface area contributed by atoms with Crippen molar-refractivity contribution in [3.8, 4) is 5.75 Å². The Labute approximate surface area is 174 Å². The molecule has 1 rings (SSSR count). The Hall–Kier alpha value is -1.24. The topological polar surface area (TPSA) is 79.8 Å². The third-order valence-electron chi connectivity index (χ3n) is 3.25. The summed E-state index contributed by atoms with van der Waals surface area (Å²) in [5, 5.41) is 6.01. The number of para-hydroxylation sites is 1. The first-order chi connectivity index (χ1) is 12.0. The highest BCUT2D eigenvalue weighted by Crippen LogP contribution is 2.26. The highest BCUT2D eigenvalue weighted by molar-refractivity contribution is 14.0. The molecule has 0 heterocycles. The van der Waals surface area contributed by atoms with Crippen LogP contribution in [0.3, 0.4) is 0 Å². The zero-order chi connectivity index (χ0) is 19.8. The number of nitrogens with zero attached hydrogens (tertiary/aromatic N) is 1. The van der Waals surface area contributed by atoms with Crippen LogP contribution in [-0.4, -0.2) is 45.3 Å². The van der Waals surface area contributed by atoms with Crippen LogP contribution in [-0.2, 0) is 16.4 Å². The largest absolute Gasteiger partial charge is 0.573 e. The molecule has 0 aliphatic heterocycles. The van der Waals surface area contributed by atoms with Gasteiger partial charge in [0, 0.05) is 24.4 Å². The summed E-state index contributed by atoms with van der Waals surface area (Å²) in [7, 11) is -3.07. The number of hydrogen-bond donors (Lipinski definition) is 2. The van der Waals surface area contributed by atoms with Gasteiger partial charge in [-0.15, -0.1) is 37.1 Å². The summed E-state index contributed by atoms with van der Waals surface area (Å²) in [6, 6.07) is 5.60. The van der Waals surface area contributed by atoms with E-state index in [0.717, 1.165) is 6.26 Å². The van der Waals surface area contributed by atoms with Crippen LogP contribution in [0.25, 0.3) is 0 Å². The predicted molar refractivity (Wildman–Crippen MR) is 110 cm³/mol. The molecule has 0 aliphatic carbocycles. The number of alkyl halides is 3. The average Bonchev–Trinajstić information content (AvgIpc) is 2.50. The molecule has 156 valence electrons.